The van der Waals surface area contributed by atoms with E-state index in [1.165, 1.54) is 16.0 Å². The van der Waals surface area contributed by atoms with Crippen LogP contribution in [0.5, 0.6) is 0 Å². The predicted octanol–water partition coefficient (Wildman–Crippen LogP) is 3.93. The highest BCUT2D eigenvalue weighted by molar-refractivity contribution is 9.09. The van der Waals surface area contributed by atoms with Crippen LogP contribution in [0.25, 0.3) is 0 Å². The van der Waals surface area contributed by atoms with Crippen molar-refractivity contribution in [1.29, 1.82) is 0 Å². The fourth-order valence-electron chi connectivity index (χ4n) is 2.57. The first-order valence-corrected chi connectivity index (χ1v) is 7.56. The summed E-state index contributed by atoms with van der Waals surface area (Å²) in [6.45, 7) is -0.0926. The number of fused-ring (bicyclic) bond motifs is 1. The molecule has 2 rings (SSSR count). The van der Waals surface area contributed by atoms with Crippen LogP contribution in [-0.4, -0.2) is 29.5 Å². The Bertz CT molecular complexity index is 431. The number of aryl methyl sites for hydroxylation is 2. The second-order valence-corrected chi connectivity index (χ2v) is 5.76. The fraction of sp³-hybridized carbons (Fsp3) is 0.571. The first kappa shape index (κ1) is 14.9. The summed E-state index contributed by atoms with van der Waals surface area (Å²) in [6, 6.07) is 6.10. The van der Waals surface area contributed by atoms with Gasteiger partial charge in [-0.15, -0.1) is 0 Å². The monoisotopic (exact) mass is 335 g/mol. The standard InChI is InChI=1S/C14H17BrF3N/c15-6-7-19(10-14(16,17)18)9-11-4-5-12-2-1-3-13(12)8-11/h4-5,8H,1-3,6-7,9-10H2. The highest BCUT2D eigenvalue weighted by Crippen LogP contribution is 2.24. The molecule has 0 aromatic heterocycles. The van der Waals surface area contributed by atoms with Gasteiger partial charge in [0.2, 0.25) is 0 Å². The molecule has 0 aliphatic heterocycles. The van der Waals surface area contributed by atoms with Gasteiger partial charge in [-0.25, -0.2) is 0 Å². The van der Waals surface area contributed by atoms with Gasteiger partial charge in [-0.05, 0) is 36.0 Å². The van der Waals surface area contributed by atoms with E-state index >= 15 is 0 Å². The molecule has 106 valence electrons. The molecular weight excluding hydrogens is 319 g/mol. The van der Waals surface area contributed by atoms with E-state index < -0.39 is 12.7 Å². The zero-order chi connectivity index (χ0) is 13.9. The number of nitrogens with zero attached hydrogens (tertiary/aromatic N) is 1. The Balaban J connectivity index is 2.04. The highest BCUT2D eigenvalue weighted by atomic mass is 79.9. The molecule has 0 radical (unpaired) electrons. The molecule has 0 unspecified atom stereocenters. The fourth-order valence-corrected chi connectivity index (χ4v) is 3.07. The van der Waals surface area contributed by atoms with Crippen LogP contribution in [0, 0.1) is 0 Å². The number of halogens is 4. The number of hydrogen-bond acceptors (Lipinski definition) is 1. The van der Waals surface area contributed by atoms with E-state index in [0.29, 0.717) is 18.4 Å². The number of hydrogen-bond donors (Lipinski definition) is 0. The molecule has 1 aromatic carbocycles. The molecule has 0 atom stereocenters. The van der Waals surface area contributed by atoms with Crippen molar-refractivity contribution in [2.45, 2.75) is 32.0 Å². The van der Waals surface area contributed by atoms with Crippen LogP contribution in [-0.2, 0) is 19.4 Å². The number of rotatable bonds is 5. The Labute approximate surface area is 119 Å². The number of benzene rings is 1. The van der Waals surface area contributed by atoms with Crippen molar-refractivity contribution in [3.05, 3.63) is 34.9 Å². The topological polar surface area (TPSA) is 3.24 Å². The van der Waals surface area contributed by atoms with E-state index in [-0.39, 0.29) is 0 Å². The van der Waals surface area contributed by atoms with E-state index in [2.05, 4.69) is 28.1 Å². The third-order valence-corrected chi connectivity index (χ3v) is 3.73. The van der Waals surface area contributed by atoms with Gasteiger partial charge in [-0.3, -0.25) is 4.90 Å². The lowest BCUT2D eigenvalue weighted by Gasteiger charge is -2.23. The van der Waals surface area contributed by atoms with Crippen molar-refractivity contribution >= 4 is 15.9 Å². The lowest BCUT2D eigenvalue weighted by molar-refractivity contribution is -0.146. The summed E-state index contributed by atoms with van der Waals surface area (Å²) >= 11 is 3.21. The Hall–Kier alpha value is -0.550. The quantitative estimate of drug-likeness (QED) is 0.737. The summed E-state index contributed by atoms with van der Waals surface area (Å²) in [7, 11) is 0. The van der Waals surface area contributed by atoms with Gasteiger partial charge in [0.25, 0.3) is 0 Å². The molecule has 0 saturated carbocycles. The maximum Gasteiger partial charge on any atom is 0.401 e. The van der Waals surface area contributed by atoms with Crippen LogP contribution in [0.4, 0.5) is 13.2 Å². The van der Waals surface area contributed by atoms with Crippen molar-refractivity contribution in [2.24, 2.45) is 0 Å². The SMILES string of the molecule is FC(F)(F)CN(CCBr)Cc1ccc2c(c1)CCC2. The lowest BCUT2D eigenvalue weighted by Crippen LogP contribution is -2.35. The van der Waals surface area contributed by atoms with E-state index in [4.69, 9.17) is 0 Å². The molecule has 0 saturated heterocycles. The minimum Gasteiger partial charge on any atom is -0.290 e. The second kappa shape index (κ2) is 6.27. The van der Waals surface area contributed by atoms with E-state index in [1.807, 2.05) is 6.07 Å². The Morgan fingerprint density at radius 2 is 1.89 bits per heavy atom. The minimum atomic E-state index is -4.14. The Morgan fingerprint density at radius 1 is 1.16 bits per heavy atom. The van der Waals surface area contributed by atoms with Crippen LogP contribution in [0.2, 0.25) is 0 Å². The van der Waals surface area contributed by atoms with Crippen molar-refractivity contribution in [3.63, 3.8) is 0 Å². The van der Waals surface area contributed by atoms with Gasteiger partial charge in [0.15, 0.2) is 0 Å². The third kappa shape index (κ3) is 4.49. The van der Waals surface area contributed by atoms with E-state index in [1.54, 1.807) is 0 Å². The van der Waals surface area contributed by atoms with Crippen LogP contribution in [0.15, 0.2) is 18.2 Å². The molecule has 5 heteroatoms. The third-order valence-electron chi connectivity index (χ3n) is 3.37. The van der Waals surface area contributed by atoms with Crippen molar-refractivity contribution < 1.29 is 13.2 Å². The van der Waals surface area contributed by atoms with Gasteiger partial charge >= 0.3 is 6.18 Å². The summed E-state index contributed by atoms with van der Waals surface area (Å²) in [6.07, 6.45) is -0.824. The van der Waals surface area contributed by atoms with Gasteiger partial charge in [0, 0.05) is 18.4 Å². The molecule has 0 spiro atoms. The van der Waals surface area contributed by atoms with Gasteiger partial charge in [-0.1, -0.05) is 34.1 Å². The van der Waals surface area contributed by atoms with Crippen molar-refractivity contribution in [2.75, 3.05) is 18.4 Å². The maximum absolute atomic E-state index is 12.5. The lowest BCUT2D eigenvalue weighted by atomic mass is 10.1. The molecule has 1 aliphatic carbocycles. The Kier molecular flexibility index (Phi) is 4.90. The zero-order valence-corrected chi connectivity index (χ0v) is 12.2. The van der Waals surface area contributed by atoms with Crippen LogP contribution < -0.4 is 0 Å². The molecule has 0 bridgehead atoms. The van der Waals surface area contributed by atoms with Crippen LogP contribution >= 0.6 is 15.9 Å². The molecule has 1 aliphatic rings. The normalized spacial score (nSPS) is 15.0. The van der Waals surface area contributed by atoms with Gasteiger partial charge in [-0.2, -0.15) is 13.2 Å². The summed E-state index contributed by atoms with van der Waals surface area (Å²) in [5.41, 5.74) is 3.64. The van der Waals surface area contributed by atoms with Crippen molar-refractivity contribution in [3.8, 4) is 0 Å². The molecule has 0 fully saturated rings. The van der Waals surface area contributed by atoms with E-state index in [0.717, 1.165) is 24.8 Å². The van der Waals surface area contributed by atoms with E-state index in [9.17, 15) is 13.2 Å². The first-order valence-electron chi connectivity index (χ1n) is 6.44. The largest absolute Gasteiger partial charge is 0.401 e. The summed E-state index contributed by atoms with van der Waals surface area (Å²) in [4.78, 5) is 1.44. The molecule has 0 N–H and O–H groups in total. The van der Waals surface area contributed by atoms with Gasteiger partial charge in [0.05, 0.1) is 6.54 Å². The summed E-state index contributed by atoms with van der Waals surface area (Å²) < 4.78 is 37.5. The van der Waals surface area contributed by atoms with Crippen molar-refractivity contribution in [1.82, 2.24) is 4.90 Å². The molecule has 0 heterocycles. The summed E-state index contributed by atoms with van der Waals surface area (Å²) in [5, 5.41) is 0.550. The second-order valence-electron chi connectivity index (χ2n) is 4.97. The average Bonchev–Trinajstić information content (AvgIpc) is 2.74. The highest BCUT2D eigenvalue weighted by Gasteiger charge is 2.30. The van der Waals surface area contributed by atoms with Crippen LogP contribution in [0.3, 0.4) is 0 Å². The maximum atomic E-state index is 12.5. The average molecular weight is 336 g/mol. The van der Waals surface area contributed by atoms with Crippen LogP contribution in [0.1, 0.15) is 23.1 Å². The first-order chi connectivity index (χ1) is 8.98. The van der Waals surface area contributed by atoms with Gasteiger partial charge in [0.1, 0.15) is 0 Å². The zero-order valence-electron chi connectivity index (χ0n) is 10.6. The Morgan fingerprint density at radius 3 is 2.58 bits per heavy atom. The summed E-state index contributed by atoms with van der Waals surface area (Å²) in [5.74, 6) is 0. The molecule has 1 nitrogen and oxygen atoms in total. The van der Waals surface area contributed by atoms with Gasteiger partial charge < -0.3 is 0 Å². The molecule has 19 heavy (non-hydrogen) atoms. The molecular formula is C14H17BrF3N. The molecule has 0 amide bonds. The number of alkyl halides is 4. The predicted molar refractivity (Wildman–Crippen MR) is 73.6 cm³/mol. The smallest absolute Gasteiger partial charge is 0.290 e. The minimum absolute atomic E-state index is 0.360. The molecule has 1 aromatic rings.